The molecule has 1 radical (unpaired) electrons. The average Bonchev–Trinajstić information content (AvgIpc) is 2.24. The van der Waals surface area contributed by atoms with Gasteiger partial charge in [-0.2, -0.15) is 0 Å². The molecule has 19 heavy (non-hydrogen) atoms. The summed E-state index contributed by atoms with van der Waals surface area (Å²) in [6.07, 6.45) is 3.57. The standard InChI is InChI=1S/C15H27BNO2/c1-9-10-12(13(17-8)11(2)3)16-19-15(6,7)14(4,5)18/h9-11,18H,1H2,2-8H3/b12-10+,17-13?. The van der Waals surface area contributed by atoms with E-state index in [1.165, 1.54) is 0 Å². The van der Waals surface area contributed by atoms with Gasteiger partial charge in [0.25, 0.3) is 0 Å². The van der Waals surface area contributed by atoms with Gasteiger partial charge in [0.1, 0.15) is 0 Å². The summed E-state index contributed by atoms with van der Waals surface area (Å²) in [5, 5.41) is 10.1. The van der Waals surface area contributed by atoms with E-state index in [1.807, 2.05) is 19.9 Å². The lowest BCUT2D eigenvalue weighted by molar-refractivity contribution is -0.0895. The number of aliphatic imine (C=N–C) groups is 1. The highest BCUT2D eigenvalue weighted by Crippen LogP contribution is 2.25. The molecule has 0 fully saturated rings. The molecule has 4 heteroatoms. The second-order valence-electron chi connectivity index (χ2n) is 5.93. The Labute approximate surface area is 118 Å². The van der Waals surface area contributed by atoms with E-state index < -0.39 is 11.2 Å². The van der Waals surface area contributed by atoms with E-state index in [0.717, 1.165) is 11.2 Å². The number of rotatable bonds is 7. The molecule has 0 saturated carbocycles. The van der Waals surface area contributed by atoms with Crippen LogP contribution in [0.2, 0.25) is 0 Å². The molecule has 0 heterocycles. The summed E-state index contributed by atoms with van der Waals surface area (Å²) in [6.45, 7) is 15.0. The zero-order valence-corrected chi connectivity index (χ0v) is 13.3. The summed E-state index contributed by atoms with van der Waals surface area (Å²) >= 11 is 0. The van der Waals surface area contributed by atoms with Crippen LogP contribution < -0.4 is 0 Å². The molecule has 0 aromatic heterocycles. The first-order valence-electron chi connectivity index (χ1n) is 6.60. The van der Waals surface area contributed by atoms with E-state index in [2.05, 4.69) is 25.4 Å². The van der Waals surface area contributed by atoms with Crippen molar-refractivity contribution in [3.63, 3.8) is 0 Å². The van der Waals surface area contributed by atoms with Crippen molar-refractivity contribution in [1.29, 1.82) is 0 Å². The maximum atomic E-state index is 10.1. The molecule has 0 spiro atoms. The van der Waals surface area contributed by atoms with Gasteiger partial charge >= 0.3 is 7.48 Å². The predicted octanol–water partition coefficient (Wildman–Crippen LogP) is 2.97. The second-order valence-corrected chi connectivity index (χ2v) is 5.93. The smallest absolute Gasteiger partial charge is 0.332 e. The number of allylic oxidation sites excluding steroid dienone is 3. The predicted molar refractivity (Wildman–Crippen MR) is 83.7 cm³/mol. The second kappa shape index (κ2) is 7.06. The Bertz CT molecular complexity index is 363. The number of hydrogen-bond acceptors (Lipinski definition) is 3. The third kappa shape index (κ3) is 5.33. The molecular weight excluding hydrogens is 237 g/mol. The highest BCUT2D eigenvalue weighted by atomic mass is 16.5. The molecule has 0 aliphatic heterocycles. The Morgan fingerprint density at radius 2 is 1.84 bits per heavy atom. The van der Waals surface area contributed by atoms with Crippen LogP contribution >= 0.6 is 0 Å². The van der Waals surface area contributed by atoms with Gasteiger partial charge in [-0.15, -0.1) is 0 Å². The molecule has 0 bridgehead atoms. The third-order valence-electron chi connectivity index (χ3n) is 3.33. The zero-order valence-electron chi connectivity index (χ0n) is 13.3. The molecule has 1 N–H and O–H groups in total. The average molecular weight is 264 g/mol. The van der Waals surface area contributed by atoms with Gasteiger partial charge in [-0.3, -0.25) is 4.99 Å². The van der Waals surface area contributed by atoms with Crippen molar-refractivity contribution in [3.8, 4) is 0 Å². The Kier molecular flexibility index (Phi) is 6.74. The minimum Gasteiger partial charge on any atom is -0.427 e. The Balaban J connectivity index is 5.02. The summed E-state index contributed by atoms with van der Waals surface area (Å²) in [5.41, 5.74) is 0.198. The summed E-state index contributed by atoms with van der Waals surface area (Å²) in [6, 6.07) is 0. The minimum absolute atomic E-state index is 0.293. The molecule has 0 aliphatic carbocycles. The Morgan fingerprint density at radius 1 is 1.32 bits per heavy atom. The molecule has 3 nitrogen and oxygen atoms in total. The summed E-state index contributed by atoms with van der Waals surface area (Å²) in [7, 11) is 3.42. The lowest BCUT2D eigenvalue weighted by Crippen LogP contribution is -2.48. The van der Waals surface area contributed by atoms with Crippen molar-refractivity contribution >= 4 is 13.2 Å². The molecule has 0 unspecified atom stereocenters. The van der Waals surface area contributed by atoms with Crippen LogP contribution in [0.1, 0.15) is 41.5 Å². The lowest BCUT2D eigenvalue weighted by Gasteiger charge is -2.38. The number of nitrogens with zero attached hydrogens (tertiary/aromatic N) is 1. The molecule has 0 aromatic rings. The van der Waals surface area contributed by atoms with E-state index in [9.17, 15) is 5.11 Å². The normalized spacial score (nSPS) is 14.8. The van der Waals surface area contributed by atoms with Crippen molar-refractivity contribution in [2.45, 2.75) is 52.7 Å². The first-order valence-corrected chi connectivity index (χ1v) is 6.60. The molecule has 0 saturated heterocycles. The van der Waals surface area contributed by atoms with Crippen molar-refractivity contribution in [2.24, 2.45) is 10.9 Å². The van der Waals surface area contributed by atoms with Gasteiger partial charge in [0.15, 0.2) is 0 Å². The van der Waals surface area contributed by atoms with E-state index in [0.29, 0.717) is 5.92 Å². The third-order valence-corrected chi connectivity index (χ3v) is 3.33. The molecule has 107 valence electrons. The van der Waals surface area contributed by atoms with Crippen LogP contribution in [0, 0.1) is 5.92 Å². The van der Waals surface area contributed by atoms with E-state index in [-0.39, 0.29) is 0 Å². The van der Waals surface area contributed by atoms with Crippen LogP contribution in [0.15, 0.2) is 29.2 Å². The summed E-state index contributed by atoms with van der Waals surface area (Å²) < 4.78 is 5.77. The van der Waals surface area contributed by atoms with Crippen LogP contribution in [0.25, 0.3) is 0 Å². The summed E-state index contributed by atoms with van der Waals surface area (Å²) in [4.78, 5) is 4.30. The fourth-order valence-corrected chi connectivity index (χ4v) is 1.39. The van der Waals surface area contributed by atoms with Crippen molar-refractivity contribution in [1.82, 2.24) is 0 Å². The molecule has 0 amide bonds. The molecule has 0 atom stereocenters. The van der Waals surface area contributed by atoms with Gasteiger partial charge in [-0.25, -0.2) is 0 Å². The molecule has 0 rings (SSSR count). The van der Waals surface area contributed by atoms with Crippen LogP contribution in [0.3, 0.4) is 0 Å². The quantitative estimate of drug-likeness (QED) is 0.436. The summed E-state index contributed by atoms with van der Waals surface area (Å²) in [5.74, 6) is 0.293. The van der Waals surface area contributed by atoms with Gasteiger partial charge in [0.2, 0.25) is 0 Å². The van der Waals surface area contributed by atoms with Crippen LogP contribution in [0.4, 0.5) is 0 Å². The number of aliphatic hydroxyl groups is 1. The SMILES string of the molecule is C=C/C=C(/[B]OC(C)(C)C(C)(C)O)C(=NC)C(C)C. The largest absolute Gasteiger partial charge is 0.427 e. The van der Waals surface area contributed by atoms with Crippen LogP contribution in [-0.4, -0.2) is 36.6 Å². The van der Waals surface area contributed by atoms with Crippen molar-refractivity contribution in [3.05, 3.63) is 24.2 Å². The molecule has 0 aliphatic rings. The Hall–Kier alpha value is -0.865. The maximum Gasteiger partial charge on any atom is 0.332 e. The van der Waals surface area contributed by atoms with Gasteiger partial charge in [0, 0.05) is 12.8 Å². The lowest BCUT2D eigenvalue weighted by atomic mass is 9.77. The van der Waals surface area contributed by atoms with E-state index in [4.69, 9.17) is 4.65 Å². The number of hydrogen-bond donors (Lipinski definition) is 1. The maximum absolute atomic E-state index is 10.1. The highest BCUT2D eigenvalue weighted by molar-refractivity contribution is 6.49. The van der Waals surface area contributed by atoms with Crippen molar-refractivity contribution < 1.29 is 9.76 Å². The monoisotopic (exact) mass is 264 g/mol. The Morgan fingerprint density at radius 3 is 2.16 bits per heavy atom. The first-order chi connectivity index (χ1) is 8.56. The van der Waals surface area contributed by atoms with E-state index in [1.54, 1.807) is 34.5 Å². The highest BCUT2D eigenvalue weighted by Gasteiger charge is 2.36. The van der Waals surface area contributed by atoms with Gasteiger partial charge in [-0.05, 0) is 39.1 Å². The van der Waals surface area contributed by atoms with Crippen molar-refractivity contribution in [2.75, 3.05) is 7.05 Å². The minimum atomic E-state index is -0.940. The first kappa shape index (κ1) is 18.1. The van der Waals surface area contributed by atoms with Gasteiger partial charge in [-0.1, -0.05) is 32.6 Å². The van der Waals surface area contributed by atoms with Crippen LogP contribution in [-0.2, 0) is 4.65 Å². The van der Waals surface area contributed by atoms with Gasteiger partial charge in [0.05, 0.1) is 11.2 Å². The topological polar surface area (TPSA) is 41.8 Å². The zero-order chi connectivity index (χ0) is 15.3. The fraction of sp³-hybridized carbons (Fsp3) is 0.667. The fourth-order valence-electron chi connectivity index (χ4n) is 1.39. The van der Waals surface area contributed by atoms with E-state index >= 15 is 0 Å². The van der Waals surface area contributed by atoms with Crippen LogP contribution in [0.5, 0.6) is 0 Å². The molecule has 0 aromatic carbocycles. The molecular formula is C15H27BNO2. The van der Waals surface area contributed by atoms with Gasteiger partial charge < -0.3 is 9.76 Å².